The summed E-state index contributed by atoms with van der Waals surface area (Å²) < 4.78 is 0. The first kappa shape index (κ1) is 9.53. The molecule has 0 aliphatic carbocycles. The lowest BCUT2D eigenvalue weighted by Gasteiger charge is -2.28. The Bertz CT molecular complexity index is 499. The van der Waals surface area contributed by atoms with Gasteiger partial charge in [0.05, 0.1) is 0 Å². The third kappa shape index (κ3) is 1.51. The summed E-state index contributed by atoms with van der Waals surface area (Å²) in [4.78, 5) is 18.3. The topological polar surface area (TPSA) is 69.7 Å². The van der Waals surface area contributed by atoms with Gasteiger partial charge in [-0.25, -0.2) is 15.0 Å². The maximum atomic E-state index is 4.36. The lowest BCUT2D eigenvalue weighted by atomic mass is 10.3. The highest BCUT2D eigenvalue weighted by Crippen LogP contribution is 2.20. The predicted octanol–water partition coefficient (Wildman–Crippen LogP) is 0.0709. The van der Waals surface area contributed by atoms with Crippen LogP contribution in [0.4, 0.5) is 5.82 Å². The Kier molecular flexibility index (Phi) is 2.21. The van der Waals surface area contributed by atoms with Crippen LogP contribution in [-0.4, -0.2) is 46.1 Å². The van der Waals surface area contributed by atoms with Crippen molar-refractivity contribution in [2.75, 3.05) is 31.1 Å². The van der Waals surface area contributed by atoms with Gasteiger partial charge in [-0.1, -0.05) is 0 Å². The highest BCUT2D eigenvalue weighted by atomic mass is 15.2. The molecule has 2 aromatic heterocycles. The summed E-state index contributed by atoms with van der Waals surface area (Å²) in [5, 5.41) is 3.33. The van der Waals surface area contributed by atoms with Gasteiger partial charge < -0.3 is 15.2 Å². The van der Waals surface area contributed by atoms with Gasteiger partial charge in [0.25, 0.3) is 0 Å². The van der Waals surface area contributed by atoms with E-state index >= 15 is 0 Å². The van der Waals surface area contributed by atoms with E-state index in [9.17, 15) is 0 Å². The second-order valence-corrected chi connectivity index (χ2v) is 3.96. The number of aromatic nitrogens is 4. The Morgan fingerprint density at radius 2 is 2.06 bits per heavy atom. The van der Waals surface area contributed by atoms with Crippen molar-refractivity contribution in [3.8, 4) is 0 Å². The van der Waals surface area contributed by atoms with Crippen LogP contribution in [-0.2, 0) is 0 Å². The molecule has 6 nitrogen and oxygen atoms in total. The number of aryl methyl sites for hydroxylation is 1. The third-order valence-corrected chi connectivity index (χ3v) is 2.80. The van der Waals surface area contributed by atoms with Gasteiger partial charge in [-0.2, -0.15) is 0 Å². The molecule has 1 saturated heterocycles. The SMILES string of the molecule is Cc1nc2ncnc(N3CCNCC3)c2[nH]1. The first-order valence-corrected chi connectivity index (χ1v) is 5.47. The van der Waals surface area contributed by atoms with E-state index in [4.69, 9.17) is 0 Å². The molecule has 84 valence electrons. The highest BCUT2D eigenvalue weighted by molar-refractivity contribution is 5.83. The minimum atomic E-state index is 0.751. The zero-order valence-electron chi connectivity index (χ0n) is 9.19. The van der Waals surface area contributed by atoms with E-state index in [1.54, 1.807) is 6.33 Å². The Hall–Kier alpha value is -1.69. The average Bonchev–Trinajstić information content (AvgIpc) is 2.70. The van der Waals surface area contributed by atoms with Crippen LogP contribution in [0, 0.1) is 6.92 Å². The van der Waals surface area contributed by atoms with Gasteiger partial charge in [-0.3, -0.25) is 0 Å². The number of nitrogens with one attached hydrogen (secondary N) is 2. The van der Waals surface area contributed by atoms with Gasteiger partial charge in [0.2, 0.25) is 0 Å². The summed E-state index contributed by atoms with van der Waals surface area (Å²) in [5.41, 5.74) is 1.70. The number of aromatic amines is 1. The molecule has 0 unspecified atom stereocenters. The number of hydrogen-bond acceptors (Lipinski definition) is 5. The van der Waals surface area contributed by atoms with E-state index in [2.05, 4.69) is 30.2 Å². The number of rotatable bonds is 1. The molecular formula is C10H14N6. The summed E-state index contributed by atoms with van der Waals surface area (Å²) >= 11 is 0. The summed E-state index contributed by atoms with van der Waals surface area (Å²) in [6.07, 6.45) is 1.58. The summed E-state index contributed by atoms with van der Waals surface area (Å²) in [6.45, 7) is 5.88. The fourth-order valence-electron chi connectivity index (χ4n) is 2.05. The molecule has 0 saturated carbocycles. The van der Waals surface area contributed by atoms with Crippen LogP contribution in [0.15, 0.2) is 6.33 Å². The molecular weight excluding hydrogens is 204 g/mol. The molecule has 0 bridgehead atoms. The molecule has 6 heteroatoms. The lowest BCUT2D eigenvalue weighted by molar-refractivity contribution is 0.586. The van der Waals surface area contributed by atoms with Crippen molar-refractivity contribution in [3.63, 3.8) is 0 Å². The summed E-state index contributed by atoms with van der Waals surface area (Å²) in [5.74, 6) is 1.85. The fourth-order valence-corrected chi connectivity index (χ4v) is 2.05. The van der Waals surface area contributed by atoms with Crippen LogP contribution in [0.5, 0.6) is 0 Å². The molecule has 3 rings (SSSR count). The largest absolute Gasteiger partial charge is 0.352 e. The maximum Gasteiger partial charge on any atom is 0.183 e. The third-order valence-electron chi connectivity index (χ3n) is 2.80. The van der Waals surface area contributed by atoms with Crippen molar-refractivity contribution in [1.82, 2.24) is 25.3 Å². The number of H-pyrrole nitrogens is 1. The van der Waals surface area contributed by atoms with Crippen molar-refractivity contribution in [3.05, 3.63) is 12.2 Å². The standard InChI is InChI=1S/C10H14N6/c1-7-14-8-9(15-7)12-6-13-10(8)16-4-2-11-3-5-16/h6,11H,2-5H2,1H3,(H,12,13,14,15). The van der Waals surface area contributed by atoms with Gasteiger partial charge in [0.1, 0.15) is 17.7 Å². The molecule has 2 N–H and O–H groups in total. The molecule has 2 aromatic rings. The molecule has 0 spiro atoms. The molecule has 0 aromatic carbocycles. The number of anilines is 1. The zero-order valence-corrected chi connectivity index (χ0v) is 9.19. The minimum Gasteiger partial charge on any atom is -0.352 e. The van der Waals surface area contributed by atoms with Gasteiger partial charge >= 0.3 is 0 Å². The lowest BCUT2D eigenvalue weighted by Crippen LogP contribution is -2.44. The van der Waals surface area contributed by atoms with E-state index < -0.39 is 0 Å². The molecule has 16 heavy (non-hydrogen) atoms. The van der Waals surface area contributed by atoms with E-state index in [0.29, 0.717) is 0 Å². The first-order valence-electron chi connectivity index (χ1n) is 5.47. The van der Waals surface area contributed by atoms with Crippen LogP contribution in [0.1, 0.15) is 5.82 Å². The zero-order chi connectivity index (χ0) is 11.0. The van der Waals surface area contributed by atoms with Crippen molar-refractivity contribution < 1.29 is 0 Å². The average molecular weight is 218 g/mol. The van der Waals surface area contributed by atoms with Crippen molar-refractivity contribution in [1.29, 1.82) is 0 Å². The van der Waals surface area contributed by atoms with E-state index in [-0.39, 0.29) is 0 Å². The molecule has 0 amide bonds. The van der Waals surface area contributed by atoms with Crippen molar-refractivity contribution in [2.45, 2.75) is 6.92 Å². The molecule has 1 aliphatic heterocycles. The molecule has 0 atom stereocenters. The maximum absolute atomic E-state index is 4.36. The Labute approximate surface area is 93.1 Å². The quantitative estimate of drug-likeness (QED) is 0.709. The van der Waals surface area contributed by atoms with E-state index in [1.165, 1.54) is 0 Å². The fraction of sp³-hybridized carbons (Fsp3) is 0.500. The number of nitrogens with zero attached hydrogens (tertiary/aromatic N) is 4. The van der Waals surface area contributed by atoms with Crippen LogP contribution < -0.4 is 10.2 Å². The summed E-state index contributed by atoms with van der Waals surface area (Å²) in [6, 6.07) is 0. The Balaban J connectivity index is 2.07. The van der Waals surface area contributed by atoms with E-state index in [0.717, 1.165) is 49.0 Å². The highest BCUT2D eigenvalue weighted by Gasteiger charge is 2.16. The van der Waals surface area contributed by atoms with Gasteiger partial charge in [0, 0.05) is 26.2 Å². The summed E-state index contributed by atoms with van der Waals surface area (Å²) in [7, 11) is 0. The van der Waals surface area contributed by atoms with Crippen molar-refractivity contribution >= 4 is 17.0 Å². The molecule has 1 aliphatic rings. The molecule has 0 radical (unpaired) electrons. The smallest absolute Gasteiger partial charge is 0.183 e. The number of hydrogen-bond donors (Lipinski definition) is 2. The van der Waals surface area contributed by atoms with Crippen LogP contribution in [0.3, 0.4) is 0 Å². The van der Waals surface area contributed by atoms with Crippen LogP contribution in [0.2, 0.25) is 0 Å². The number of piperazine rings is 1. The Morgan fingerprint density at radius 1 is 1.25 bits per heavy atom. The predicted molar refractivity (Wildman–Crippen MR) is 61.5 cm³/mol. The van der Waals surface area contributed by atoms with Crippen LogP contribution in [0.25, 0.3) is 11.2 Å². The normalized spacial score (nSPS) is 16.9. The Morgan fingerprint density at radius 3 is 2.88 bits per heavy atom. The van der Waals surface area contributed by atoms with Crippen molar-refractivity contribution in [2.24, 2.45) is 0 Å². The molecule has 3 heterocycles. The van der Waals surface area contributed by atoms with Gasteiger partial charge in [-0.05, 0) is 6.92 Å². The van der Waals surface area contributed by atoms with Crippen LogP contribution >= 0.6 is 0 Å². The van der Waals surface area contributed by atoms with Gasteiger partial charge in [-0.15, -0.1) is 0 Å². The van der Waals surface area contributed by atoms with Gasteiger partial charge in [0.15, 0.2) is 11.5 Å². The minimum absolute atomic E-state index is 0.751. The second-order valence-electron chi connectivity index (χ2n) is 3.96. The number of fused-ring (bicyclic) bond motifs is 1. The molecule has 1 fully saturated rings. The first-order chi connectivity index (χ1) is 7.84. The number of imidazole rings is 1. The monoisotopic (exact) mass is 218 g/mol. The second kappa shape index (κ2) is 3.71. The van der Waals surface area contributed by atoms with E-state index in [1.807, 2.05) is 6.92 Å².